The molecule has 0 nitrogen and oxygen atoms in total. The van der Waals surface area contributed by atoms with E-state index in [-0.39, 0.29) is 6.67 Å². The van der Waals surface area contributed by atoms with Gasteiger partial charge in [0.05, 0.1) is 0 Å². The van der Waals surface area contributed by atoms with E-state index in [9.17, 15) is 4.39 Å². The fraction of sp³-hybridized carbons (Fsp3) is 0.538. The Balaban J connectivity index is 3.14. The Bertz CT molecular complexity index is 300. The number of hydrogen-bond acceptors (Lipinski definition) is 0. The zero-order valence-electron chi connectivity index (χ0n) is 9.47. The van der Waals surface area contributed by atoms with Gasteiger partial charge in [-0.15, -0.1) is 0 Å². The highest BCUT2D eigenvalue weighted by Crippen LogP contribution is 2.25. The van der Waals surface area contributed by atoms with E-state index in [2.05, 4.69) is 33.8 Å². The van der Waals surface area contributed by atoms with Gasteiger partial charge in [-0.2, -0.15) is 0 Å². The summed E-state index contributed by atoms with van der Waals surface area (Å²) in [5, 5.41) is 0. The lowest BCUT2D eigenvalue weighted by Gasteiger charge is -2.14. The smallest absolute Gasteiger partial charge is 0.115 e. The van der Waals surface area contributed by atoms with Crippen LogP contribution in [-0.2, 0) is 6.67 Å². The SMILES string of the molecule is CC(C)c1ccc(CF)c(C(C)C)c1. The summed E-state index contributed by atoms with van der Waals surface area (Å²) in [6, 6.07) is 6.10. The summed E-state index contributed by atoms with van der Waals surface area (Å²) in [6.07, 6.45) is 0. The monoisotopic (exact) mass is 194 g/mol. The molecule has 1 aromatic carbocycles. The summed E-state index contributed by atoms with van der Waals surface area (Å²) in [5.74, 6) is 0.917. The third-order valence-electron chi connectivity index (χ3n) is 2.60. The van der Waals surface area contributed by atoms with Crippen molar-refractivity contribution in [3.63, 3.8) is 0 Å². The van der Waals surface area contributed by atoms with Gasteiger partial charge in [0.15, 0.2) is 0 Å². The van der Waals surface area contributed by atoms with E-state index < -0.39 is 0 Å². The second-order valence-corrected chi connectivity index (χ2v) is 4.40. The van der Waals surface area contributed by atoms with Crippen LogP contribution in [-0.4, -0.2) is 0 Å². The van der Waals surface area contributed by atoms with E-state index in [4.69, 9.17) is 0 Å². The normalized spacial score (nSPS) is 11.4. The van der Waals surface area contributed by atoms with Crippen LogP contribution in [0, 0.1) is 0 Å². The first-order valence-corrected chi connectivity index (χ1v) is 5.25. The molecule has 0 saturated carbocycles. The maximum atomic E-state index is 12.7. The van der Waals surface area contributed by atoms with Crippen molar-refractivity contribution >= 4 is 0 Å². The van der Waals surface area contributed by atoms with Gasteiger partial charge < -0.3 is 0 Å². The molecule has 1 heteroatoms. The van der Waals surface area contributed by atoms with Crippen LogP contribution in [0.1, 0.15) is 56.2 Å². The number of hydrogen-bond donors (Lipinski definition) is 0. The van der Waals surface area contributed by atoms with Crippen molar-refractivity contribution in [1.82, 2.24) is 0 Å². The molecular formula is C13H19F. The van der Waals surface area contributed by atoms with Crippen LogP contribution in [0.25, 0.3) is 0 Å². The molecule has 0 bridgehead atoms. The number of halogens is 1. The van der Waals surface area contributed by atoms with Crippen molar-refractivity contribution in [3.05, 3.63) is 34.9 Å². The molecule has 0 spiro atoms. The maximum absolute atomic E-state index is 12.7. The van der Waals surface area contributed by atoms with Gasteiger partial charge in [0.25, 0.3) is 0 Å². The summed E-state index contributed by atoms with van der Waals surface area (Å²) < 4.78 is 12.7. The lowest BCUT2D eigenvalue weighted by Crippen LogP contribution is -1.98. The molecular weight excluding hydrogens is 175 g/mol. The quantitative estimate of drug-likeness (QED) is 0.669. The maximum Gasteiger partial charge on any atom is 0.115 e. The fourth-order valence-corrected chi connectivity index (χ4v) is 1.63. The molecule has 78 valence electrons. The van der Waals surface area contributed by atoms with E-state index >= 15 is 0 Å². The van der Waals surface area contributed by atoms with Gasteiger partial charge in [-0.3, -0.25) is 0 Å². The molecule has 0 aliphatic rings. The second-order valence-electron chi connectivity index (χ2n) is 4.40. The van der Waals surface area contributed by atoms with Crippen molar-refractivity contribution in [2.75, 3.05) is 0 Å². The Morgan fingerprint density at radius 2 is 1.71 bits per heavy atom. The molecule has 0 N–H and O–H groups in total. The number of rotatable bonds is 3. The Hall–Kier alpha value is -0.850. The minimum Gasteiger partial charge on any atom is -0.246 e. The third kappa shape index (κ3) is 2.34. The zero-order chi connectivity index (χ0) is 10.7. The van der Waals surface area contributed by atoms with Crippen LogP contribution in [0.5, 0.6) is 0 Å². The van der Waals surface area contributed by atoms with Crippen LogP contribution in [0.4, 0.5) is 4.39 Å². The third-order valence-corrected chi connectivity index (χ3v) is 2.60. The van der Waals surface area contributed by atoms with E-state index in [0.717, 1.165) is 11.1 Å². The summed E-state index contributed by atoms with van der Waals surface area (Å²) in [7, 11) is 0. The van der Waals surface area contributed by atoms with Crippen LogP contribution in [0.3, 0.4) is 0 Å². The standard InChI is InChI=1S/C13H19F/c1-9(2)11-5-6-12(8-14)13(7-11)10(3)4/h5-7,9-10H,8H2,1-4H3. The van der Waals surface area contributed by atoms with Gasteiger partial charge in [-0.1, -0.05) is 45.9 Å². The van der Waals surface area contributed by atoms with Gasteiger partial charge in [0, 0.05) is 0 Å². The summed E-state index contributed by atoms with van der Waals surface area (Å²) >= 11 is 0. The first kappa shape index (κ1) is 11.2. The van der Waals surface area contributed by atoms with Gasteiger partial charge >= 0.3 is 0 Å². The average Bonchev–Trinajstić information content (AvgIpc) is 2.16. The first-order chi connectivity index (χ1) is 6.56. The van der Waals surface area contributed by atoms with E-state index in [1.165, 1.54) is 5.56 Å². The Labute approximate surface area is 86.2 Å². The second kappa shape index (κ2) is 4.59. The van der Waals surface area contributed by atoms with Crippen molar-refractivity contribution in [1.29, 1.82) is 0 Å². The van der Waals surface area contributed by atoms with Gasteiger partial charge in [0.2, 0.25) is 0 Å². The number of alkyl halides is 1. The molecule has 0 aromatic heterocycles. The molecule has 0 atom stereocenters. The van der Waals surface area contributed by atoms with Crippen molar-refractivity contribution in [2.45, 2.75) is 46.2 Å². The topological polar surface area (TPSA) is 0 Å². The minimum atomic E-state index is -0.355. The predicted octanol–water partition coefficient (Wildman–Crippen LogP) is 4.40. The molecule has 0 saturated heterocycles. The first-order valence-electron chi connectivity index (χ1n) is 5.25. The van der Waals surface area contributed by atoms with Gasteiger partial charge in [0.1, 0.15) is 6.67 Å². The van der Waals surface area contributed by atoms with Crippen molar-refractivity contribution in [3.8, 4) is 0 Å². The fourth-order valence-electron chi connectivity index (χ4n) is 1.63. The highest BCUT2D eigenvalue weighted by atomic mass is 19.1. The predicted molar refractivity (Wildman–Crippen MR) is 59.4 cm³/mol. The molecule has 1 aromatic rings. The lowest BCUT2D eigenvalue weighted by atomic mass is 9.92. The van der Waals surface area contributed by atoms with Crippen molar-refractivity contribution in [2.24, 2.45) is 0 Å². The summed E-state index contributed by atoms with van der Waals surface area (Å²) in [4.78, 5) is 0. The van der Waals surface area contributed by atoms with Gasteiger partial charge in [-0.25, -0.2) is 4.39 Å². The van der Waals surface area contributed by atoms with Crippen LogP contribution < -0.4 is 0 Å². The van der Waals surface area contributed by atoms with Crippen LogP contribution >= 0.6 is 0 Å². The van der Waals surface area contributed by atoms with Gasteiger partial charge in [-0.05, 0) is 28.5 Å². The van der Waals surface area contributed by atoms with Crippen molar-refractivity contribution < 1.29 is 4.39 Å². The van der Waals surface area contributed by atoms with E-state index in [1.807, 2.05) is 12.1 Å². The summed E-state index contributed by atoms with van der Waals surface area (Å²) in [6.45, 7) is 8.19. The molecule has 0 aliphatic heterocycles. The number of benzene rings is 1. The largest absolute Gasteiger partial charge is 0.246 e. The summed E-state index contributed by atoms with van der Waals surface area (Å²) in [5.41, 5.74) is 3.29. The Morgan fingerprint density at radius 1 is 1.07 bits per heavy atom. The molecule has 0 unspecified atom stereocenters. The minimum absolute atomic E-state index is 0.355. The molecule has 0 amide bonds. The molecule has 0 fully saturated rings. The zero-order valence-corrected chi connectivity index (χ0v) is 9.47. The molecule has 1 rings (SSSR count). The molecule has 0 radical (unpaired) electrons. The van der Waals surface area contributed by atoms with Crippen LogP contribution in [0.15, 0.2) is 18.2 Å². The van der Waals surface area contributed by atoms with E-state index in [0.29, 0.717) is 11.8 Å². The highest BCUT2D eigenvalue weighted by Gasteiger charge is 2.08. The van der Waals surface area contributed by atoms with E-state index in [1.54, 1.807) is 0 Å². The Morgan fingerprint density at radius 3 is 2.14 bits per heavy atom. The molecule has 14 heavy (non-hydrogen) atoms. The van der Waals surface area contributed by atoms with Crippen LogP contribution in [0.2, 0.25) is 0 Å². The molecule has 0 heterocycles. The highest BCUT2D eigenvalue weighted by molar-refractivity contribution is 5.35. The molecule has 0 aliphatic carbocycles. The lowest BCUT2D eigenvalue weighted by molar-refractivity contribution is 0.480. The Kier molecular flexibility index (Phi) is 3.68. The average molecular weight is 194 g/mol.